The molecule has 1 fully saturated rings. The van der Waals surface area contributed by atoms with Crippen LogP contribution in [0, 0.1) is 17.8 Å². The van der Waals surface area contributed by atoms with Gasteiger partial charge >= 0.3 is 5.97 Å². The number of rotatable bonds is 7. The molecule has 0 aromatic heterocycles. The van der Waals surface area contributed by atoms with Gasteiger partial charge in [0.1, 0.15) is 0 Å². The van der Waals surface area contributed by atoms with Crippen molar-refractivity contribution in [3.63, 3.8) is 0 Å². The summed E-state index contributed by atoms with van der Waals surface area (Å²) in [5, 5.41) is 0.962. The summed E-state index contributed by atoms with van der Waals surface area (Å²) in [4.78, 5) is 51.4. The summed E-state index contributed by atoms with van der Waals surface area (Å²) in [5.74, 6) is -3.81. The number of ether oxygens (including phenoxy) is 1. The van der Waals surface area contributed by atoms with E-state index in [9.17, 15) is 19.2 Å². The molecule has 0 N–H and O–H groups in total. The van der Waals surface area contributed by atoms with Crippen LogP contribution in [0.25, 0.3) is 0 Å². The van der Waals surface area contributed by atoms with Crippen LogP contribution in [0.5, 0.6) is 0 Å². The van der Waals surface area contributed by atoms with E-state index in [0.29, 0.717) is 32.3 Å². The van der Waals surface area contributed by atoms with Gasteiger partial charge in [0, 0.05) is 44.5 Å². The fourth-order valence-electron chi connectivity index (χ4n) is 3.98. The minimum absolute atomic E-state index is 0.288. The lowest BCUT2D eigenvalue weighted by molar-refractivity contribution is 0.0600. The third-order valence-electron chi connectivity index (χ3n) is 5.78. The van der Waals surface area contributed by atoms with Crippen LogP contribution in [-0.2, 0) is 4.74 Å². The third-order valence-corrected chi connectivity index (χ3v) is 6.28. The number of esters is 1. The minimum atomic E-state index is -0.805. The molecule has 0 heterocycles. The van der Waals surface area contributed by atoms with E-state index in [0.717, 1.165) is 0 Å². The summed E-state index contributed by atoms with van der Waals surface area (Å²) in [6, 6.07) is 18.7. The number of ketones is 3. The lowest BCUT2D eigenvalue weighted by atomic mass is 10.0. The Morgan fingerprint density at radius 3 is 1.12 bits per heavy atom. The van der Waals surface area contributed by atoms with E-state index < -0.39 is 23.7 Å². The van der Waals surface area contributed by atoms with Crippen LogP contribution in [0.2, 0.25) is 10.0 Å². The van der Waals surface area contributed by atoms with Gasteiger partial charge in [-0.2, -0.15) is 0 Å². The van der Waals surface area contributed by atoms with Crippen molar-refractivity contribution >= 4 is 46.5 Å². The van der Waals surface area contributed by atoms with E-state index in [1.54, 1.807) is 48.5 Å². The summed E-state index contributed by atoms with van der Waals surface area (Å²) in [6.45, 7) is 0. The highest BCUT2D eigenvalue weighted by molar-refractivity contribution is 6.31. The SMILES string of the molecule is COC(=O)c1ccc(C(=O)C2[C@@H](C(=O)c3ccc(Cl)cc3)[C@@H]2C(=O)c2ccc(Cl)cc2)cc1. The number of carbonyl (C=O) groups excluding carboxylic acids is 4. The monoisotopic (exact) mass is 480 g/mol. The van der Waals surface area contributed by atoms with Crippen molar-refractivity contribution in [2.75, 3.05) is 7.11 Å². The highest BCUT2D eigenvalue weighted by Gasteiger charge is 2.62. The zero-order chi connectivity index (χ0) is 23.7. The Morgan fingerprint density at radius 2 is 0.818 bits per heavy atom. The first kappa shape index (κ1) is 22.9. The predicted molar refractivity (Wildman–Crippen MR) is 124 cm³/mol. The van der Waals surface area contributed by atoms with E-state index in [1.807, 2.05) is 0 Å². The number of hydrogen-bond donors (Lipinski definition) is 0. The maximum atomic E-state index is 13.3. The average Bonchev–Trinajstić information content (AvgIpc) is 3.59. The number of benzene rings is 3. The molecular weight excluding hydrogens is 463 g/mol. The quantitative estimate of drug-likeness (QED) is 0.325. The summed E-state index contributed by atoms with van der Waals surface area (Å²) >= 11 is 11.8. The Morgan fingerprint density at radius 1 is 0.545 bits per heavy atom. The van der Waals surface area contributed by atoms with Gasteiger partial charge in [-0.05, 0) is 60.7 Å². The van der Waals surface area contributed by atoms with E-state index in [-0.39, 0.29) is 17.3 Å². The Hall–Kier alpha value is -3.28. The molecule has 1 aliphatic carbocycles. The molecule has 33 heavy (non-hydrogen) atoms. The van der Waals surface area contributed by atoms with Crippen molar-refractivity contribution in [1.82, 2.24) is 0 Å². The summed E-state index contributed by atoms with van der Waals surface area (Å²) in [6.07, 6.45) is 0. The van der Waals surface area contributed by atoms with E-state index in [2.05, 4.69) is 4.74 Å². The van der Waals surface area contributed by atoms with Crippen LogP contribution in [0.15, 0.2) is 72.8 Å². The van der Waals surface area contributed by atoms with Gasteiger partial charge in [0.25, 0.3) is 0 Å². The Balaban J connectivity index is 1.65. The molecular formula is C26H18Cl2O5. The highest BCUT2D eigenvalue weighted by atomic mass is 35.5. The van der Waals surface area contributed by atoms with Crippen LogP contribution < -0.4 is 0 Å². The topological polar surface area (TPSA) is 77.5 Å². The molecule has 4 rings (SSSR count). The van der Waals surface area contributed by atoms with Crippen LogP contribution in [-0.4, -0.2) is 30.4 Å². The van der Waals surface area contributed by atoms with Gasteiger partial charge < -0.3 is 4.74 Å². The lowest BCUT2D eigenvalue weighted by Gasteiger charge is -2.03. The zero-order valence-corrected chi connectivity index (χ0v) is 19.0. The second kappa shape index (κ2) is 9.30. The van der Waals surface area contributed by atoms with Gasteiger partial charge in [-0.15, -0.1) is 0 Å². The first-order valence-electron chi connectivity index (χ1n) is 10.1. The van der Waals surface area contributed by atoms with Gasteiger partial charge in [0.15, 0.2) is 17.3 Å². The molecule has 3 aromatic rings. The molecule has 0 aliphatic heterocycles. The number of methoxy groups -OCH3 is 1. The van der Waals surface area contributed by atoms with Gasteiger partial charge in [-0.25, -0.2) is 4.79 Å². The van der Waals surface area contributed by atoms with Crippen molar-refractivity contribution in [2.45, 2.75) is 0 Å². The maximum absolute atomic E-state index is 13.3. The van der Waals surface area contributed by atoms with Crippen molar-refractivity contribution in [3.05, 3.63) is 105 Å². The van der Waals surface area contributed by atoms with Crippen LogP contribution >= 0.6 is 23.2 Å². The van der Waals surface area contributed by atoms with Crippen LogP contribution in [0.1, 0.15) is 41.4 Å². The van der Waals surface area contributed by atoms with Crippen LogP contribution in [0.4, 0.5) is 0 Å². The largest absolute Gasteiger partial charge is 0.465 e. The van der Waals surface area contributed by atoms with E-state index in [4.69, 9.17) is 23.2 Å². The Kier molecular flexibility index (Phi) is 6.45. The smallest absolute Gasteiger partial charge is 0.337 e. The minimum Gasteiger partial charge on any atom is -0.465 e. The highest BCUT2D eigenvalue weighted by Crippen LogP contribution is 2.51. The van der Waals surface area contributed by atoms with Gasteiger partial charge in [-0.3, -0.25) is 14.4 Å². The van der Waals surface area contributed by atoms with Crippen molar-refractivity contribution in [2.24, 2.45) is 17.8 Å². The molecule has 0 spiro atoms. The first-order chi connectivity index (χ1) is 15.8. The lowest BCUT2D eigenvalue weighted by Crippen LogP contribution is -2.10. The number of hydrogen-bond acceptors (Lipinski definition) is 5. The standard InChI is InChI=1S/C26H18Cl2O5/c1-33-26(32)17-4-2-14(3-5-17)23(29)20-21(24(30)15-6-10-18(27)11-7-15)22(20)25(31)16-8-12-19(28)13-9-16/h2-13,20-22H,1H3/t21-,22-/m1/s1. The first-order valence-corrected chi connectivity index (χ1v) is 10.9. The number of carbonyl (C=O) groups is 4. The van der Waals surface area contributed by atoms with Gasteiger partial charge in [0.05, 0.1) is 12.7 Å². The van der Waals surface area contributed by atoms with Crippen LogP contribution in [0.3, 0.4) is 0 Å². The molecule has 1 aliphatic rings. The third kappa shape index (κ3) is 4.61. The normalized spacial score (nSPS) is 18.9. The zero-order valence-electron chi connectivity index (χ0n) is 17.5. The summed E-state index contributed by atoms with van der Waals surface area (Å²) < 4.78 is 4.68. The summed E-state index contributed by atoms with van der Waals surface area (Å²) in [5.41, 5.74) is 1.38. The summed E-state index contributed by atoms with van der Waals surface area (Å²) in [7, 11) is 1.27. The molecule has 0 radical (unpaired) electrons. The molecule has 7 heteroatoms. The predicted octanol–water partition coefficient (Wildman–Crippen LogP) is 5.59. The molecule has 0 bridgehead atoms. The molecule has 3 aromatic carbocycles. The van der Waals surface area contributed by atoms with Gasteiger partial charge in [-0.1, -0.05) is 35.3 Å². The molecule has 2 atom stereocenters. The fraction of sp³-hybridized carbons (Fsp3) is 0.154. The molecule has 0 saturated heterocycles. The fourth-order valence-corrected chi connectivity index (χ4v) is 4.24. The second-order valence-electron chi connectivity index (χ2n) is 7.75. The van der Waals surface area contributed by atoms with Crippen molar-refractivity contribution in [3.8, 4) is 0 Å². The van der Waals surface area contributed by atoms with Crippen molar-refractivity contribution in [1.29, 1.82) is 0 Å². The molecule has 1 saturated carbocycles. The van der Waals surface area contributed by atoms with Gasteiger partial charge in [0.2, 0.25) is 0 Å². The Bertz CT molecular complexity index is 1170. The van der Waals surface area contributed by atoms with E-state index in [1.165, 1.54) is 31.4 Å². The average molecular weight is 481 g/mol. The maximum Gasteiger partial charge on any atom is 0.337 e. The van der Waals surface area contributed by atoms with E-state index >= 15 is 0 Å². The van der Waals surface area contributed by atoms with Crippen molar-refractivity contribution < 1.29 is 23.9 Å². The molecule has 0 unspecified atom stereocenters. The Labute approximate surface area is 200 Å². The number of halogens is 2. The second-order valence-corrected chi connectivity index (χ2v) is 8.63. The molecule has 5 nitrogen and oxygen atoms in total. The molecule has 166 valence electrons. The molecule has 0 amide bonds. The number of Topliss-reactive ketones (excluding diaryl/α,β-unsaturated/α-hetero) is 3.